The van der Waals surface area contributed by atoms with E-state index in [1.807, 2.05) is 26.0 Å². The fraction of sp³-hybridized carbons (Fsp3) is 0.556. The number of carbonyl (C=O) groups excluding carboxylic acids is 1. The van der Waals surface area contributed by atoms with Crippen LogP contribution >= 0.6 is 36.2 Å². The summed E-state index contributed by atoms with van der Waals surface area (Å²) >= 11 is 1.44. The molecule has 2 aromatic heterocycles. The van der Waals surface area contributed by atoms with Crippen LogP contribution in [-0.4, -0.2) is 41.5 Å². The summed E-state index contributed by atoms with van der Waals surface area (Å²) in [4.78, 5) is 20.5. The standard InChI is InChI=1S/C18H25N3O2S.2ClH/c1-4-11-21(14-7-9-19-10-8-14)18(22)16-13(3)20-17(24-16)15-6-5-12(2)23-15;;/h5-6,14,19H,4,7-11H2,1-3H3;2*1H. The van der Waals surface area contributed by atoms with Crippen molar-refractivity contribution >= 4 is 42.1 Å². The molecule has 1 fully saturated rings. The predicted molar refractivity (Wildman–Crippen MR) is 111 cm³/mol. The van der Waals surface area contributed by atoms with Gasteiger partial charge in [-0.15, -0.1) is 36.2 Å². The van der Waals surface area contributed by atoms with Crippen LogP contribution < -0.4 is 5.32 Å². The monoisotopic (exact) mass is 419 g/mol. The largest absolute Gasteiger partial charge is 0.459 e. The van der Waals surface area contributed by atoms with E-state index in [0.717, 1.165) is 66.0 Å². The molecular weight excluding hydrogens is 393 g/mol. The lowest BCUT2D eigenvalue weighted by Gasteiger charge is -2.34. The second-order valence-electron chi connectivity index (χ2n) is 6.32. The van der Waals surface area contributed by atoms with Gasteiger partial charge in [-0.3, -0.25) is 4.79 Å². The summed E-state index contributed by atoms with van der Waals surface area (Å²) in [6.07, 6.45) is 3.01. The van der Waals surface area contributed by atoms with Crippen molar-refractivity contribution in [3.63, 3.8) is 0 Å². The van der Waals surface area contributed by atoms with Crippen LogP contribution in [-0.2, 0) is 0 Å². The molecule has 0 unspecified atom stereocenters. The van der Waals surface area contributed by atoms with Gasteiger partial charge in [0, 0.05) is 12.6 Å². The van der Waals surface area contributed by atoms with Crippen LogP contribution in [0.1, 0.15) is 47.3 Å². The Bertz CT molecular complexity index is 711. The Hall–Kier alpha value is -1.08. The van der Waals surface area contributed by atoms with Crippen LogP contribution in [0.15, 0.2) is 16.5 Å². The number of rotatable bonds is 5. The molecule has 0 aliphatic carbocycles. The number of aromatic nitrogens is 1. The number of aryl methyl sites for hydroxylation is 2. The highest BCUT2D eigenvalue weighted by atomic mass is 35.5. The maximum Gasteiger partial charge on any atom is 0.266 e. The topological polar surface area (TPSA) is 58.4 Å². The minimum atomic E-state index is 0. The third kappa shape index (κ3) is 5.00. The lowest BCUT2D eigenvalue weighted by molar-refractivity contribution is 0.0646. The number of hydrogen-bond acceptors (Lipinski definition) is 5. The van der Waals surface area contributed by atoms with E-state index in [-0.39, 0.29) is 30.7 Å². The van der Waals surface area contributed by atoms with Crippen LogP contribution in [0.4, 0.5) is 0 Å². The molecule has 3 rings (SSSR count). The van der Waals surface area contributed by atoms with Crippen molar-refractivity contribution in [3.8, 4) is 10.8 Å². The summed E-state index contributed by atoms with van der Waals surface area (Å²) in [5.41, 5.74) is 0.795. The van der Waals surface area contributed by atoms with Gasteiger partial charge in [0.2, 0.25) is 0 Å². The number of carbonyl (C=O) groups is 1. The minimum Gasteiger partial charge on any atom is -0.459 e. The van der Waals surface area contributed by atoms with Gasteiger partial charge in [-0.2, -0.15) is 0 Å². The summed E-state index contributed by atoms with van der Waals surface area (Å²) in [6, 6.07) is 4.17. The molecule has 0 saturated carbocycles. The number of nitrogens with zero attached hydrogens (tertiary/aromatic N) is 2. The molecule has 0 radical (unpaired) electrons. The summed E-state index contributed by atoms with van der Waals surface area (Å²) in [5.74, 6) is 1.71. The first-order chi connectivity index (χ1) is 11.6. The molecule has 1 amide bonds. The van der Waals surface area contributed by atoms with Crippen LogP contribution in [0.25, 0.3) is 10.8 Å². The number of furan rings is 1. The Balaban J connectivity index is 0.00000169. The third-order valence-electron chi connectivity index (χ3n) is 4.42. The fourth-order valence-electron chi connectivity index (χ4n) is 3.19. The number of amides is 1. The Morgan fingerprint density at radius 1 is 1.31 bits per heavy atom. The van der Waals surface area contributed by atoms with Crippen molar-refractivity contribution in [3.05, 3.63) is 28.5 Å². The first-order valence-corrected chi connectivity index (χ1v) is 9.47. The maximum atomic E-state index is 13.2. The van der Waals surface area contributed by atoms with E-state index in [1.54, 1.807) is 0 Å². The van der Waals surface area contributed by atoms with E-state index in [0.29, 0.717) is 6.04 Å². The highest BCUT2D eigenvalue weighted by Gasteiger charge is 2.28. The van der Waals surface area contributed by atoms with E-state index in [1.165, 1.54) is 11.3 Å². The molecule has 0 aromatic carbocycles. The Morgan fingerprint density at radius 3 is 2.58 bits per heavy atom. The Labute approximate surface area is 171 Å². The molecule has 0 bridgehead atoms. The number of hydrogen-bond donors (Lipinski definition) is 1. The van der Waals surface area contributed by atoms with Crippen molar-refractivity contribution < 1.29 is 9.21 Å². The van der Waals surface area contributed by atoms with Crippen molar-refractivity contribution in [1.29, 1.82) is 0 Å². The summed E-state index contributed by atoms with van der Waals surface area (Å²) in [5, 5.41) is 4.15. The second-order valence-corrected chi connectivity index (χ2v) is 7.32. The highest BCUT2D eigenvalue weighted by Crippen LogP contribution is 2.31. The molecular formula is C18H27Cl2N3O2S. The first-order valence-electron chi connectivity index (χ1n) is 8.66. The third-order valence-corrected chi connectivity index (χ3v) is 5.58. The zero-order chi connectivity index (χ0) is 17.1. The van der Waals surface area contributed by atoms with Gasteiger partial charge in [0.25, 0.3) is 5.91 Å². The molecule has 8 heteroatoms. The average molecular weight is 420 g/mol. The van der Waals surface area contributed by atoms with Crippen molar-refractivity contribution in [1.82, 2.24) is 15.2 Å². The molecule has 5 nitrogen and oxygen atoms in total. The Kier molecular flexibility index (Phi) is 9.10. The highest BCUT2D eigenvalue weighted by molar-refractivity contribution is 7.17. The molecule has 0 spiro atoms. The molecule has 2 aromatic rings. The molecule has 146 valence electrons. The van der Waals surface area contributed by atoms with Gasteiger partial charge in [0.1, 0.15) is 10.6 Å². The molecule has 26 heavy (non-hydrogen) atoms. The van der Waals surface area contributed by atoms with E-state index in [4.69, 9.17) is 4.42 Å². The molecule has 1 saturated heterocycles. The zero-order valence-corrected chi connectivity index (χ0v) is 17.9. The van der Waals surface area contributed by atoms with Gasteiger partial charge in [-0.25, -0.2) is 4.98 Å². The van der Waals surface area contributed by atoms with Crippen molar-refractivity contribution in [2.75, 3.05) is 19.6 Å². The normalized spacial score (nSPS) is 14.4. The van der Waals surface area contributed by atoms with Crippen molar-refractivity contribution in [2.24, 2.45) is 0 Å². The van der Waals surface area contributed by atoms with E-state index in [9.17, 15) is 4.79 Å². The molecule has 1 aliphatic heterocycles. The lowest BCUT2D eigenvalue weighted by atomic mass is 10.0. The first kappa shape index (κ1) is 23.0. The van der Waals surface area contributed by atoms with Crippen LogP contribution in [0, 0.1) is 13.8 Å². The summed E-state index contributed by atoms with van der Waals surface area (Å²) in [6.45, 7) is 8.72. The van der Waals surface area contributed by atoms with Gasteiger partial charge >= 0.3 is 0 Å². The van der Waals surface area contributed by atoms with E-state index < -0.39 is 0 Å². The molecule has 0 atom stereocenters. The van der Waals surface area contributed by atoms with Crippen LogP contribution in [0.3, 0.4) is 0 Å². The number of halogens is 2. The molecule has 1 N–H and O–H groups in total. The molecule has 1 aliphatic rings. The molecule has 3 heterocycles. The van der Waals surface area contributed by atoms with Crippen LogP contribution in [0.5, 0.6) is 0 Å². The maximum absolute atomic E-state index is 13.2. The summed E-state index contributed by atoms with van der Waals surface area (Å²) < 4.78 is 5.66. The fourth-order valence-corrected chi connectivity index (χ4v) is 4.17. The quantitative estimate of drug-likeness (QED) is 0.776. The number of piperidine rings is 1. The van der Waals surface area contributed by atoms with Gasteiger partial charge < -0.3 is 14.6 Å². The van der Waals surface area contributed by atoms with Gasteiger partial charge in [-0.1, -0.05) is 6.92 Å². The van der Waals surface area contributed by atoms with Crippen molar-refractivity contribution in [2.45, 2.75) is 46.1 Å². The van der Waals surface area contributed by atoms with Gasteiger partial charge in [0.15, 0.2) is 10.8 Å². The van der Waals surface area contributed by atoms with E-state index >= 15 is 0 Å². The smallest absolute Gasteiger partial charge is 0.266 e. The second kappa shape index (κ2) is 10.3. The minimum absolute atomic E-state index is 0. The van der Waals surface area contributed by atoms with E-state index in [2.05, 4.69) is 22.1 Å². The Morgan fingerprint density at radius 2 is 2.00 bits per heavy atom. The van der Waals surface area contributed by atoms with Crippen LogP contribution in [0.2, 0.25) is 0 Å². The number of thiazole rings is 1. The van der Waals surface area contributed by atoms with Gasteiger partial charge in [0.05, 0.1) is 5.69 Å². The number of nitrogens with one attached hydrogen (secondary N) is 1. The lowest BCUT2D eigenvalue weighted by Crippen LogP contribution is -2.46. The average Bonchev–Trinajstić information content (AvgIpc) is 3.18. The SMILES string of the molecule is CCCN(C(=O)c1sc(-c2ccc(C)o2)nc1C)C1CCNCC1.Cl.Cl. The predicted octanol–water partition coefficient (Wildman–Crippen LogP) is 4.47. The zero-order valence-electron chi connectivity index (χ0n) is 15.4. The van der Waals surface area contributed by atoms with Gasteiger partial charge in [-0.05, 0) is 58.3 Å². The summed E-state index contributed by atoms with van der Waals surface area (Å²) in [7, 11) is 0.